The predicted octanol–water partition coefficient (Wildman–Crippen LogP) is 1.49. The van der Waals surface area contributed by atoms with E-state index in [0.717, 1.165) is 32.0 Å². The van der Waals surface area contributed by atoms with Crippen LogP contribution in [0.15, 0.2) is 24.3 Å². The Morgan fingerprint density at radius 3 is 2.52 bits per heavy atom. The highest BCUT2D eigenvalue weighted by molar-refractivity contribution is 5.83. The first-order valence-electron chi connectivity index (χ1n) is 9.71. The van der Waals surface area contributed by atoms with E-state index in [-0.39, 0.29) is 18.5 Å². The van der Waals surface area contributed by atoms with E-state index in [9.17, 15) is 22.8 Å². The van der Waals surface area contributed by atoms with E-state index < -0.39 is 17.8 Å². The van der Waals surface area contributed by atoms with Crippen molar-refractivity contribution in [3.63, 3.8) is 0 Å². The number of rotatable bonds is 4. The molecule has 3 amide bonds. The summed E-state index contributed by atoms with van der Waals surface area (Å²) < 4.78 is 38.9. The average molecular weight is 413 g/mol. The third-order valence-corrected chi connectivity index (χ3v) is 5.53. The van der Waals surface area contributed by atoms with Crippen molar-refractivity contribution in [2.75, 3.05) is 50.7 Å². The summed E-state index contributed by atoms with van der Waals surface area (Å²) in [7, 11) is 0. The van der Waals surface area contributed by atoms with Gasteiger partial charge in [-0.1, -0.05) is 6.07 Å². The highest BCUT2D eigenvalue weighted by Gasteiger charge is 2.32. The summed E-state index contributed by atoms with van der Waals surface area (Å²) >= 11 is 0. The lowest BCUT2D eigenvalue weighted by Gasteiger charge is -2.44. The molecule has 160 valence electrons. The van der Waals surface area contributed by atoms with Gasteiger partial charge in [-0.05, 0) is 31.0 Å². The summed E-state index contributed by atoms with van der Waals surface area (Å²) in [5.41, 5.74) is 4.96. The third-order valence-electron chi connectivity index (χ3n) is 5.53. The molecule has 2 aliphatic heterocycles. The summed E-state index contributed by atoms with van der Waals surface area (Å²) in [6.45, 7) is 3.85. The van der Waals surface area contributed by atoms with Crippen LogP contribution in [-0.4, -0.2) is 73.6 Å². The van der Waals surface area contributed by atoms with Gasteiger partial charge >= 0.3 is 12.2 Å². The van der Waals surface area contributed by atoms with Crippen molar-refractivity contribution in [1.29, 1.82) is 0 Å². The zero-order valence-corrected chi connectivity index (χ0v) is 16.1. The van der Waals surface area contributed by atoms with Gasteiger partial charge < -0.3 is 20.9 Å². The summed E-state index contributed by atoms with van der Waals surface area (Å²) in [6.07, 6.45) is -2.50. The number of alkyl halides is 3. The molecular formula is C19H26F3N5O2. The van der Waals surface area contributed by atoms with Gasteiger partial charge in [-0.25, -0.2) is 4.79 Å². The molecule has 3 rings (SSSR count). The molecule has 0 radical (unpaired) electrons. The predicted molar refractivity (Wildman–Crippen MR) is 102 cm³/mol. The van der Waals surface area contributed by atoms with Crippen LogP contribution >= 0.6 is 0 Å². The number of hydrogen-bond donors (Lipinski definition) is 2. The van der Waals surface area contributed by atoms with E-state index in [0.29, 0.717) is 31.9 Å². The molecule has 29 heavy (non-hydrogen) atoms. The van der Waals surface area contributed by atoms with Crippen LogP contribution in [0, 0.1) is 0 Å². The molecule has 2 saturated heterocycles. The third kappa shape index (κ3) is 5.53. The van der Waals surface area contributed by atoms with Crippen molar-refractivity contribution in [1.82, 2.24) is 15.1 Å². The smallest absolute Gasteiger partial charge is 0.369 e. The van der Waals surface area contributed by atoms with Crippen molar-refractivity contribution >= 4 is 17.6 Å². The molecule has 10 heteroatoms. The number of piperazine rings is 1. The van der Waals surface area contributed by atoms with Crippen LogP contribution in [-0.2, 0) is 11.0 Å². The number of piperidine rings is 1. The first-order valence-corrected chi connectivity index (χ1v) is 9.71. The van der Waals surface area contributed by atoms with E-state index in [2.05, 4.69) is 10.2 Å². The Hall–Kier alpha value is -2.49. The first kappa shape index (κ1) is 21.2. The molecule has 2 fully saturated rings. The van der Waals surface area contributed by atoms with Crippen LogP contribution in [0.4, 0.5) is 23.7 Å². The Kier molecular flexibility index (Phi) is 6.51. The number of hydrogen-bond acceptors (Lipinski definition) is 4. The van der Waals surface area contributed by atoms with Crippen LogP contribution in [0.3, 0.4) is 0 Å². The number of carbonyl (C=O) groups is 2. The fourth-order valence-electron chi connectivity index (χ4n) is 3.98. The van der Waals surface area contributed by atoms with Crippen molar-refractivity contribution in [2.45, 2.75) is 25.1 Å². The number of amides is 3. The molecule has 0 bridgehead atoms. The maximum atomic E-state index is 13.0. The largest absolute Gasteiger partial charge is 0.416 e. The zero-order valence-electron chi connectivity index (χ0n) is 16.1. The topological polar surface area (TPSA) is 81.9 Å². The number of likely N-dealkylation sites (tertiary alicyclic amines) is 1. The van der Waals surface area contributed by atoms with Crippen LogP contribution in [0.1, 0.15) is 18.4 Å². The van der Waals surface area contributed by atoms with E-state index in [1.165, 1.54) is 12.1 Å². The van der Waals surface area contributed by atoms with Gasteiger partial charge in [-0.15, -0.1) is 0 Å². The summed E-state index contributed by atoms with van der Waals surface area (Å²) in [5, 5.41) is 2.32. The lowest BCUT2D eigenvalue weighted by atomic mass is 10.0. The molecule has 7 nitrogen and oxygen atoms in total. The molecule has 1 aromatic carbocycles. The van der Waals surface area contributed by atoms with Crippen LogP contribution in [0.2, 0.25) is 0 Å². The minimum atomic E-state index is -4.35. The minimum absolute atomic E-state index is 0.106. The van der Waals surface area contributed by atoms with Crippen molar-refractivity contribution in [3.8, 4) is 0 Å². The number of nitrogens with two attached hydrogens (primary N) is 1. The standard InChI is InChI=1S/C19H26F3N5O2/c20-19(21,22)14-3-1-4-15(11-14)25-7-9-26(10-8-25)16-5-2-6-27(13-16)17(28)12-24-18(23)29/h1,3-4,11,16H,2,5-10,12-13H2,(H3,23,24,29). The molecule has 2 heterocycles. The second-order valence-corrected chi connectivity index (χ2v) is 7.42. The van der Waals surface area contributed by atoms with E-state index in [1.54, 1.807) is 11.0 Å². The number of nitrogens with one attached hydrogen (secondary N) is 1. The Bertz CT molecular complexity index is 735. The number of carbonyl (C=O) groups excluding carboxylic acids is 2. The number of primary amides is 1. The summed E-state index contributed by atoms with van der Waals surface area (Å²) in [6, 6.07) is 4.91. The second kappa shape index (κ2) is 8.89. The molecule has 0 aromatic heterocycles. The molecule has 0 aliphatic carbocycles. The highest BCUT2D eigenvalue weighted by atomic mass is 19.4. The lowest BCUT2D eigenvalue weighted by molar-refractivity contribution is -0.137. The molecule has 1 aromatic rings. The molecule has 1 unspecified atom stereocenters. The molecule has 0 spiro atoms. The van der Waals surface area contributed by atoms with E-state index in [1.807, 2.05) is 4.90 Å². The van der Waals surface area contributed by atoms with Gasteiger partial charge in [0.25, 0.3) is 0 Å². The molecule has 0 saturated carbocycles. The quantitative estimate of drug-likeness (QED) is 0.784. The van der Waals surface area contributed by atoms with Crippen LogP contribution in [0.25, 0.3) is 0 Å². The second-order valence-electron chi connectivity index (χ2n) is 7.42. The zero-order chi connectivity index (χ0) is 21.0. The Balaban J connectivity index is 1.54. The number of nitrogens with zero attached hydrogens (tertiary/aromatic N) is 3. The fraction of sp³-hybridized carbons (Fsp3) is 0.579. The SMILES string of the molecule is NC(=O)NCC(=O)N1CCCC(N2CCN(c3cccc(C(F)(F)F)c3)CC2)C1. The summed E-state index contributed by atoms with van der Waals surface area (Å²) in [5.74, 6) is -0.156. The van der Waals surface area contributed by atoms with Gasteiger partial charge in [-0.3, -0.25) is 9.69 Å². The van der Waals surface area contributed by atoms with Gasteiger partial charge in [0.05, 0.1) is 12.1 Å². The minimum Gasteiger partial charge on any atom is -0.369 e. The van der Waals surface area contributed by atoms with Gasteiger partial charge in [0.15, 0.2) is 0 Å². The van der Waals surface area contributed by atoms with Crippen molar-refractivity contribution in [3.05, 3.63) is 29.8 Å². The van der Waals surface area contributed by atoms with Gasteiger partial charge in [-0.2, -0.15) is 13.2 Å². The maximum Gasteiger partial charge on any atom is 0.416 e. The Morgan fingerprint density at radius 2 is 1.86 bits per heavy atom. The van der Waals surface area contributed by atoms with Crippen molar-refractivity contribution < 1.29 is 22.8 Å². The van der Waals surface area contributed by atoms with E-state index >= 15 is 0 Å². The molecule has 1 atom stereocenters. The van der Waals surface area contributed by atoms with E-state index in [4.69, 9.17) is 5.73 Å². The van der Waals surface area contributed by atoms with Gasteiger partial charge in [0.1, 0.15) is 0 Å². The maximum absolute atomic E-state index is 13.0. The number of anilines is 1. The number of halogens is 3. The lowest BCUT2D eigenvalue weighted by Crippen LogP contribution is -2.56. The first-order chi connectivity index (χ1) is 13.7. The Morgan fingerprint density at radius 1 is 1.14 bits per heavy atom. The number of urea groups is 1. The van der Waals surface area contributed by atoms with Crippen LogP contribution < -0.4 is 16.0 Å². The Labute approximate surface area is 167 Å². The number of benzene rings is 1. The molecule has 2 aliphatic rings. The fourth-order valence-corrected chi connectivity index (χ4v) is 3.98. The monoisotopic (exact) mass is 413 g/mol. The summed E-state index contributed by atoms with van der Waals surface area (Å²) in [4.78, 5) is 29.0. The van der Waals surface area contributed by atoms with Crippen LogP contribution in [0.5, 0.6) is 0 Å². The van der Waals surface area contributed by atoms with Gasteiger partial charge in [0.2, 0.25) is 5.91 Å². The highest BCUT2D eigenvalue weighted by Crippen LogP contribution is 2.32. The van der Waals surface area contributed by atoms with Crippen molar-refractivity contribution in [2.24, 2.45) is 5.73 Å². The molecule has 3 N–H and O–H groups in total. The average Bonchev–Trinajstić information content (AvgIpc) is 2.71. The molecular weight excluding hydrogens is 387 g/mol. The normalized spacial score (nSPS) is 21.1. The van der Waals surface area contributed by atoms with Gasteiger partial charge in [0, 0.05) is 51.0 Å².